The van der Waals surface area contributed by atoms with E-state index >= 15 is 0 Å². The predicted molar refractivity (Wildman–Crippen MR) is 240 cm³/mol. The molecule has 2 heterocycles. The highest BCUT2D eigenvalue weighted by Gasteiger charge is 2.21. The summed E-state index contributed by atoms with van der Waals surface area (Å²) in [6.07, 6.45) is 0. The molecule has 0 bridgehead atoms. The summed E-state index contributed by atoms with van der Waals surface area (Å²) in [7, 11) is 0. The number of nitrogens with zero attached hydrogens (tertiary/aromatic N) is 3. The second kappa shape index (κ2) is 12.5. The van der Waals surface area contributed by atoms with Gasteiger partial charge in [-0.3, -0.25) is 0 Å². The number of hydrogen-bond donors (Lipinski definition) is 0. The maximum atomic E-state index is 5.33. The molecule has 3 heteroatoms. The number of hydrogen-bond acceptors (Lipinski definition) is 2. The molecule has 0 aliphatic carbocycles. The highest BCUT2D eigenvalue weighted by Crippen LogP contribution is 2.45. The number of aromatic nitrogens is 3. The Bertz CT molecular complexity index is 3560. The summed E-state index contributed by atoms with van der Waals surface area (Å²) in [6, 6.07) is 72.0. The van der Waals surface area contributed by atoms with E-state index in [1.54, 1.807) is 0 Å². The van der Waals surface area contributed by atoms with E-state index in [1.807, 2.05) is 6.07 Å². The van der Waals surface area contributed by atoms with Crippen molar-refractivity contribution in [2.24, 2.45) is 0 Å². The van der Waals surface area contributed by atoms with Crippen molar-refractivity contribution in [2.75, 3.05) is 0 Å². The molecule has 57 heavy (non-hydrogen) atoms. The molecule has 10 aromatic carbocycles. The molecule has 0 aliphatic heterocycles. The highest BCUT2D eigenvalue weighted by atomic mass is 15.0. The van der Waals surface area contributed by atoms with Crippen molar-refractivity contribution in [2.45, 2.75) is 0 Å². The summed E-state index contributed by atoms with van der Waals surface area (Å²) in [5.74, 6) is 0.695. The maximum absolute atomic E-state index is 5.33. The fraction of sp³-hybridized carbons (Fsp3) is 0. The molecule has 0 saturated heterocycles. The zero-order valence-electron chi connectivity index (χ0n) is 30.9. The lowest BCUT2D eigenvalue weighted by Crippen LogP contribution is -1.98. The Morgan fingerprint density at radius 1 is 0.333 bits per heavy atom. The average molecular weight is 724 g/mol. The lowest BCUT2D eigenvalue weighted by atomic mass is 9.93. The Hall–Kier alpha value is -7.62. The fourth-order valence-electron chi connectivity index (χ4n) is 9.20. The van der Waals surface area contributed by atoms with Crippen LogP contribution in [0, 0.1) is 0 Å². The van der Waals surface area contributed by atoms with Gasteiger partial charge in [0.25, 0.3) is 0 Å². The van der Waals surface area contributed by atoms with Crippen molar-refractivity contribution in [1.82, 2.24) is 14.5 Å². The van der Waals surface area contributed by atoms with Gasteiger partial charge in [0.2, 0.25) is 0 Å². The molecule has 0 fully saturated rings. The third-order valence-electron chi connectivity index (χ3n) is 11.7. The van der Waals surface area contributed by atoms with Crippen LogP contribution < -0.4 is 0 Å². The highest BCUT2D eigenvalue weighted by molar-refractivity contribution is 6.36. The Morgan fingerprint density at radius 3 is 1.72 bits per heavy atom. The zero-order valence-corrected chi connectivity index (χ0v) is 30.9. The topological polar surface area (TPSA) is 30.7 Å². The second-order valence-corrected chi connectivity index (χ2v) is 14.9. The summed E-state index contributed by atoms with van der Waals surface area (Å²) in [6.45, 7) is 0. The number of para-hydroxylation sites is 1. The van der Waals surface area contributed by atoms with Gasteiger partial charge < -0.3 is 4.57 Å². The van der Waals surface area contributed by atoms with Gasteiger partial charge in [-0.05, 0) is 85.6 Å². The van der Waals surface area contributed by atoms with Gasteiger partial charge in [0.05, 0.1) is 22.4 Å². The summed E-state index contributed by atoms with van der Waals surface area (Å²) < 4.78 is 2.45. The van der Waals surface area contributed by atoms with Gasteiger partial charge in [-0.1, -0.05) is 158 Å². The molecule has 12 rings (SSSR count). The van der Waals surface area contributed by atoms with Gasteiger partial charge >= 0.3 is 0 Å². The first-order valence-electron chi connectivity index (χ1n) is 19.5. The minimum absolute atomic E-state index is 0.695. The molecular weight excluding hydrogens is 691 g/mol. The van der Waals surface area contributed by atoms with Crippen LogP contribution >= 0.6 is 0 Å². The van der Waals surface area contributed by atoms with E-state index in [2.05, 4.69) is 199 Å². The lowest BCUT2D eigenvalue weighted by Gasteiger charge is -2.15. The molecule has 0 saturated carbocycles. The summed E-state index contributed by atoms with van der Waals surface area (Å²) in [5, 5.41) is 14.9. The number of fused-ring (bicyclic) bond motifs is 13. The van der Waals surface area contributed by atoms with Crippen molar-refractivity contribution < 1.29 is 0 Å². The number of benzene rings is 10. The van der Waals surface area contributed by atoms with Crippen LogP contribution in [0.25, 0.3) is 115 Å². The molecule has 2 aromatic heterocycles. The first-order chi connectivity index (χ1) is 28.3. The molecule has 0 radical (unpaired) electrons. The maximum Gasteiger partial charge on any atom is 0.160 e. The van der Waals surface area contributed by atoms with E-state index in [0.717, 1.165) is 33.8 Å². The van der Waals surface area contributed by atoms with Crippen LogP contribution in [0.2, 0.25) is 0 Å². The van der Waals surface area contributed by atoms with Gasteiger partial charge in [-0.25, -0.2) is 9.97 Å². The molecule has 0 aliphatic rings. The first kappa shape index (κ1) is 31.7. The van der Waals surface area contributed by atoms with Crippen molar-refractivity contribution in [1.29, 1.82) is 0 Å². The quantitative estimate of drug-likeness (QED) is 0.169. The van der Waals surface area contributed by atoms with E-state index in [0.29, 0.717) is 5.82 Å². The molecular formula is C54H33N3. The third-order valence-corrected chi connectivity index (χ3v) is 11.7. The molecule has 264 valence electrons. The lowest BCUT2D eigenvalue weighted by molar-refractivity contribution is 1.17. The minimum atomic E-state index is 0.695. The predicted octanol–water partition coefficient (Wildman–Crippen LogP) is 14.3. The van der Waals surface area contributed by atoms with Crippen molar-refractivity contribution in [3.63, 3.8) is 0 Å². The fourth-order valence-corrected chi connectivity index (χ4v) is 9.20. The molecule has 0 atom stereocenters. The van der Waals surface area contributed by atoms with Crippen molar-refractivity contribution >= 4 is 75.7 Å². The average Bonchev–Trinajstić information content (AvgIpc) is 3.64. The van der Waals surface area contributed by atoms with Gasteiger partial charge in [0.1, 0.15) is 0 Å². The zero-order chi connectivity index (χ0) is 37.5. The Morgan fingerprint density at radius 2 is 0.930 bits per heavy atom. The van der Waals surface area contributed by atoms with E-state index < -0.39 is 0 Å². The van der Waals surface area contributed by atoms with Gasteiger partial charge in [-0.2, -0.15) is 0 Å². The Labute approximate surface area is 328 Å². The Kier molecular flexibility index (Phi) is 6.93. The molecule has 0 unspecified atom stereocenters. The smallest absolute Gasteiger partial charge is 0.160 e. The number of rotatable bonds is 4. The van der Waals surface area contributed by atoms with Crippen LogP contribution in [0.15, 0.2) is 200 Å². The van der Waals surface area contributed by atoms with Gasteiger partial charge in [0.15, 0.2) is 5.82 Å². The molecule has 12 aromatic rings. The van der Waals surface area contributed by atoms with Crippen molar-refractivity contribution in [3.05, 3.63) is 200 Å². The molecule has 0 amide bonds. The summed E-state index contributed by atoms with van der Waals surface area (Å²) >= 11 is 0. The van der Waals surface area contributed by atoms with Crippen LogP contribution in [0.5, 0.6) is 0 Å². The van der Waals surface area contributed by atoms with Gasteiger partial charge in [0, 0.05) is 43.9 Å². The van der Waals surface area contributed by atoms with Crippen LogP contribution in [0.3, 0.4) is 0 Å². The molecule has 0 N–H and O–H groups in total. The van der Waals surface area contributed by atoms with E-state index in [9.17, 15) is 0 Å². The van der Waals surface area contributed by atoms with Crippen LogP contribution in [-0.4, -0.2) is 14.5 Å². The molecule has 3 nitrogen and oxygen atoms in total. The normalized spacial score (nSPS) is 11.9. The van der Waals surface area contributed by atoms with Gasteiger partial charge in [-0.15, -0.1) is 0 Å². The second-order valence-electron chi connectivity index (χ2n) is 14.9. The van der Waals surface area contributed by atoms with Crippen LogP contribution in [0.1, 0.15) is 0 Å². The SMILES string of the molecule is c1ccc(-c2cc(-c3cc4ccccc4c4ccccc34)nc(-c3ccc(-n4c5ccccc5c5c6c7ccccc7ccc6c6ccccc6c54)cc3)n2)cc1. The van der Waals surface area contributed by atoms with E-state index in [-0.39, 0.29) is 0 Å². The largest absolute Gasteiger partial charge is 0.309 e. The van der Waals surface area contributed by atoms with E-state index in [4.69, 9.17) is 9.97 Å². The van der Waals surface area contributed by atoms with E-state index in [1.165, 1.54) is 75.7 Å². The van der Waals surface area contributed by atoms with Crippen LogP contribution in [0.4, 0.5) is 0 Å². The monoisotopic (exact) mass is 723 g/mol. The Balaban J connectivity index is 1.09. The van der Waals surface area contributed by atoms with Crippen LogP contribution in [-0.2, 0) is 0 Å². The van der Waals surface area contributed by atoms with Crippen molar-refractivity contribution in [3.8, 4) is 39.6 Å². The first-order valence-corrected chi connectivity index (χ1v) is 19.5. The standard InChI is InChI=1S/C54H33N3/c1-2-15-35(16-3-1)48-33-49(47-32-37-17-5-6-18-39(37)41-20-8-9-21-42(41)47)56-54(55-48)36-26-29-38(30-27-36)57-50-25-13-12-24-46(50)52-51-40-19-7-4-14-34(40)28-31-44(51)43-22-10-11-23-45(43)53(52)57/h1-33H. The minimum Gasteiger partial charge on any atom is -0.309 e. The summed E-state index contributed by atoms with van der Waals surface area (Å²) in [4.78, 5) is 10.6. The molecule has 0 spiro atoms. The third kappa shape index (κ3) is 4.86. The summed E-state index contributed by atoms with van der Waals surface area (Å²) in [5.41, 5.74) is 8.40.